The third kappa shape index (κ3) is 3.50. The van der Waals surface area contributed by atoms with E-state index < -0.39 is 0 Å². The van der Waals surface area contributed by atoms with Crippen LogP contribution in [0.5, 0.6) is 0 Å². The molecule has 0 radical (unpaired) electrons. The van der Waals surface area contributed by atoms with E-state index in [1.807, 2.05) is 11.8 Å². The number of ether oxygens (including phenoxy) is 1. The molecular formula is C13H21N5O3. The lowest BCUT2D eigenvalue weighted by Gasteiger charge is -2.20. The summed E-state index contributed by atoms with van der Waals surface area (Å²) < 4.78 is 9.89. The molecule has 8 heteroatoms. The van der Waals surface area contributed by atoms with Gasteiger partial charge in [0, 0.05) is 20.1 Å². The monoisotopic (exact) mass is 295 g/mol. The van der Waals surface area contributed by atoms with Crippen molar-refractivity contribution in [1.82, 2.24) is 20.4 Å². The number of rotatable bonds is 3. The highest BCUT2D eigenvalue weighted by atomic mass is 16.5. The molecular weight excluding hydrogens is 274 g/mol. The van der Waals surface area contributed by atoms with Gasteiger partial charge in [-0.2, -0.15) is 4.98 Å². The minimum atomic E-state index is -0.173. The van der Waals surface area contributed by atoms with Crippen molar-refractivity contribution in [3.8, 4) is 0 Å². The predicted octanol–water partition coefficient (Wildman–Crippen LogP) is 0.194. The van der Waals surface area contributed by atoms with Gasteiger partial charge in [0.05, 0.1) is 19.6 Å². The summed E-state index contributed by atoms with van der Waals surface area (Å²) in [4.78, 5) is 22.1. The Hall–Kier alpha value is -2.12. The second-order valence-electron chi connectivity index (χ2n) is 5.15. The highest BCUT2D eigenvalue weighted by Gasteiger charge is 2.36. The van der Waals surface area contributed by atoms with Crippen molar-refractivity contribution in [2.45, 2.75) is 20.4 Å². The van der Waals surface area contributed by atoms with Gasteiger partial charge in [-0.15, -0.1) is 0 Å². The molecule has 1 saturated heterocycles. The van der Waals surface area contributed by atoms with Crippen LogP contribution in [0.1, 0.15) is 18.6 Å². The number of esters is 1. The Morgan fingerprint density at radius 2 is 2.33 bits per heavy atom. The smallest absolute Gasteiger partial charge is 0.310 e. The highest BCUT2D eigenvalue weighted by molar-refractivity contribution is 5.82. The molecule has 1 aromatic heterocycles. The average molecular weight is 295 g/mol. The van der Waals surface area contributed by atoms with E-state index in [0.717, 1.165) is 6.54 Å². The normalized spacial score (nSPS) is 22.5. The summed E-state index contributed by atoms with van der Waals surface area (Å²) in [5.74, 6) is 1.74. The zero-order valence-electron chi connectivity index (χ0n) is 12.8. The molecule has 1 aliphatic rings. The van der Waals surface area contributed by atoms with Crippen molar-refractivity contribution < 1.29 is 14.1 Å². The van der Waals surface area contributed by atoms with E-state index in [0.29, 0.717) is 30.8 Å². The summed E-state index contributed by atoms with van der Waals surface area (Å²) in [6.45, 7) is 5.56. The molecule has 0 saturated carbocycles. The second kappa shape index (κ2) is 6.55. The summed E-state index contributed by atoms with van der Waals surface area (Å²) in [6.07, 6.45) is 0. The largest absolute Gasteiger partial charge is 0.469 e. The third-order valence-electron chi connectivity index (χ3n) is 3.59. The van der Waals surface area contributed by atoms with Gasteiger partial charge in [0.2, 0.25) is 5.89 Å². The lowest BCUT2D eigenvalue weighted by molar-refractivity contribution is -0.145. The molecule has 2 atom stereocenters. The van der Waals surface area contributed by atoms with Gasteiger partial charge in [0.25, 0.3) is 0 Å². The molecule has 21 heavy (non-hydrogen) atoms. The second-order valence-corrected chi connectivity index (χ2v) is 5.15. The summed E-state index contributed by atoms with van der Waals surface area (Å²) in [5, 5.41) is 6.90. The number of likely N-dealkylation sites (tertiary alicyclic amines) is 1. The lowest BCUT2D eigenvalue weighted by Crippen LogP contribution is -2.40. The Morgan fingerprint density at radius 1 is 1.57 bits per heavy atom. The summed E-state index contributed by atoms with van der Waals surface area (Å²) in [5.41, 5.74) is 0. The van der Waals surface area contributed by atoms with E-state index in [9.17, 15) is 4.79 Å². The maximum absolute atomic E-state index is 11.7. The number of guanidine groups is 1. The zero-order chi connectivity index (χ0) is 15.4. The van der Waals surface area contributed by atoms with Gasteiger partial charge >= 0.3 is 5.97 Å². The fraction of sp³-hybridized carbons (Fsp3) is 0.692. The van der Waals surface area contributed by atoms with Gasteiger partial charge < -0.3 is 19.5 Å². The number of carbonyl (C=O) groups is 1. The van der Waals surface area contributed by atoms with Crippen molar-refractivity contribution in [1.29, 1.82) is 0 Å². The molecule has 1 fully saturated rings. The lowest BCUT2D eigenvalue weighted by atomic mass is 9.99. The average Bonchev–Trinajstić information content (AvgIpc) is 3.05. The molecule has 0 aromatic carbocycles. The standard InChI is InChI=1S/C13H21N5O3/c1-8-6-18(7-10(8)12(19)20-4)13(14-3)15-5-11-16-9(2)17-21-11/h8,10H,5-7H2,1-4H3,(H,14,15). The fourth-order valence-corrected chi connectivity index (χ4v) is 2.50. The number of nitrogens with one attached hydrogen (secondary N) is 1. The van der Waals surface area contributed by atoms with Gasteiger partial charge in [-0.1, -0.05) is 12.1 Å². The minimum absolute atomic E-state index is 0.126. The van der Waals surface area contributed by atoms with Crippen LogP contribution in [-0.2, 0) is 16.1 Å². The molecule has 2 heterocycles. The quantitative estimate of drug-likeness (QED) is 0.483. The Bertz CT molecular complexity index is 528. The number of nitrogens with zero attached hydrogens (tertiary/aromatic N) is 4. The van der Waals surface area contributed by atoms with Crippen LogP contribution in [0.25, 0.3) is 0 Å². The number of hydrogen-bond donors (Lipinski definition) is 1. The Balaban J connectivity index is 1.94. The maximum Gasteiger partial charge on any atom is 0.310 e. The van der Waals surface area contributed by atoms with Crippen molar-refractivity contribution in [2.24, 2.45) is 16.8 Å². The maximum atomic E-state index is 11.7. The van der Waals surface area contributed by atoms with Crippen molar-refractivity contribution in [3.05, 3.63) is 11.7 Å². The number of aromatic nitrogens is 2. The molecule has 0 spiro atoms. The topological polar surface area (TPSA) is 92.9 Å². The molecule has 0 amide bonds. The van der Waals surface area contributed by atoms with E-state index in [-0.39, 0.29) is 17.8 Å². The molecule has 1 N–H and O–H groups in total. The van der Waals surface area contributed by atoms with Crippen LogP contribution < -0.4 is 5.32 Å². The predicted molar refractivity (Wildman–Crippen MR) is 75.5 cm³/mol. The van der Waals surface area contributed by atoms with Crippen LogP contribution in [0.3, 0.4) is 0 Å². The summed E-state index contributed by atoms with van der Waals surface area (Å²) in [7, 11) is 3.13. The van der Waals surface area contributed by atoms with E-state index in [1.165, 1.54) is 7.11 Å². The first kappa shape index (κ1) is 15.3. The van der Waals surface area contributed by atoms with Crippen molar-refractivity contribution >= 4 is 11.9 Å². The fourth-order valence-electron chi connectivity index (χ4n) is 2.50. The van der Waals surface area contributed by atoms with Gasteiger partial charge in [0.1, 0.15) is 0 Å². The Morgan fingerprint density at radius 3 is 2.90 bits per heavy atom. The van der Waals surface area contributed by atoms with Crippen molar-refractivity contribution in [2.75, 3.05) is 27.2 Å². The number of aryl methyl sites for hydroxylation is 1. The van der Waals surface area contributed by atoms with Crippen molar-refractivity contribution in [3.63, 3.8) is 0 Å². The third-order valence-corrected chi connectivity index (χ3v) is 3.59. The molecule has 2 rings (SSSR count). The van der Waals surface area contributed by atoms with Crippen LogP contribution >= 0.6 is 0 Å². The molecule has 116 valence electrons. The number of hydrogen-bond acceptors (Lipinski definition) is 6. The van der Waals surface area contributed by atoms with Gasteiger partial charge in [-0.3, -0.25) is 9.79 Å². The van der Waals surface area contributed by atoms with E-state index >= 15 is 0 Å². The number of carbonyl (C=O) groups excluding carboxylic acids is 1. The number of aliphatic imine (C=N–C) groups is 1. The minimum Gasteiger partial charge on any atom is -0.469 e. The van der Waals surface area contributed by atoms with E-state index in [4.69, 9.17) is 9.26 Å². The number of methoxy groups -OCH3 is 1. The molecule has 1 aliphatic heterocycles. The van der Waals surface area contributed by atoms with Crippen LogP contribution in [0.15, 0.2) is 9.52 Å². The SMILES string of the molecule is CN=C(NCc1nc(C)no1)N1CC(C)C(C(=O)OC)C1. The first-order valence-electron chi connectivity index (χ1n) is 6.87. The van der Waals surface area contributed by atoms with Gasteiger partial charge in [-0.05, 0) is 12.8 Å². The highest BCUT2D eigenvalue weighted by Crippen LogP contribution is 2.24. The molecule has 8 nitrogen and oxygen atoms in total. The Kier molecular flexibility index (Phi) is 4.77. The van der Waals surface area contributed by atoms with Crippen LogP contribution in [-0.4, -0.2) is 54.2 Å². The summed E-state index contributed by atoms with van der Waals surface area (Å²) >= 11 is 0. The first-order valence-corrected chi connectivity index (χ1v) is 6.87. The Labute approximate surface area is 123 Å². The molecule has 0 bridgehead atoms. The summed E-state index contributed by atoms with van der Waals surface area (Å²) in [6, 6.07) is 0. The molecule has 1 aromatic rings. The molecule has 0 aliphatic carbocycles. The first-order chi connectivity index (χ1) is 10.0. The molecule has 2 unspecified atom stereocenters. The van der Waals surface area contributed by atoms with Gasteiger partial charge in [-0.25, -0.2) is 0 Å². The van der Waals surface area contributed by atoms with Crippen LogP contribution in [0, 0.1) is 18.8 Å². The van der Waals surface area contributed by atoms with Crippen LogP contribution in [0.4, 0.5) is 0 Å². The van der Waals surface area contributed by atoms with E-state index in [2.05, 4.69) is 20.4 Å². The van der Waals surface area contributed by atoms with Gasteiger partial charge in [0.15, 0.2) is 11.8 Å². The van der Waals surface area contributed by atoms with E-state index in [1.54, 1.807) is 14.0 Å². The zero-order valence-corrected chi connectivity index (χ0v) is 12.8. The van der Waals surface area contributed by atoms with Crippen LogP contribution in [0.2, 0.25) is 0 Å².